The van der Waals surface area contributed by atoms with Crippen molar-refractivity contribution in [2.24, 2.45) is 0 Å². The van der Waals surface area contributed by atoms with Gasteiger partial charge in [0.25, 0.3) is 5.91 Å². The number of nitrogens with zero attached hydrogens (tertiary/aromatic N) is 2. The van der Waals surface area contributed by atoms with Crippen LogP contribution < -0.4 is 10.6 Å². The molecule has 0 bridgehead atoms. The van der Waals surface area contributed by atoms with Gasteiger partial charge in [-0.2, -0.15) is 0 Å². The van der Waals surface area contributed by atoms with Crippen molar-refractivity contribution in [2.45, 2.75) is 32.7 Å². The van der Waals surface area contributed by atoms with Crippen LogP contribution in [0.15, 0.2) is 24.4 Å². The molecule has 1 fully saturated rings. The average Bonchev–Trinajstić information content (AvgIpc) is 3.27. The van der Waals surface area contributed by atoms with Crippen molar-refractivity contribution < 1.29 is 4.79 Å². The van der Waals surface area contributed by atoms with E-state index in [-0.39, 0.29) is 5.91 Å². The molecule has 3 rings (SSSR count). The van der Waals surface area contributed by atoms with Crippen LogP contribution >= 0.6 is 11.6 Å². The predicted molar refractivity (Wildman–Crippen MR) is 86.7 cm³/mol. The molecular weight excluding hydrogens is 300 g/mol. The molecule has 2 aromatic rings. The molecule has 0 saturated heterocycles. The molecule has 0 aliphatic heterocycles. The number of carbonyl (C=O) groups is 1. The third-order valence-corrected chi connectivity index (χ3v) is 3.77. The van der Waals surface area contributed by atoms with Crippen molar-refractivity contribution in [3.8, 4) is 0 Å². The molecule has 2 N–H and O–H groups in total. The first-order chi connectivity index (χ1) is 10.5. The molecular formula is C16H17ClN4O. The molecule has 5 nitrogen and oxygen atoms in total. The van der Waals surface area contributed by atoms with E-state index in [0.29, 0.717) is 22.7 Å². The van der Waals surface area contributed by atoms with E-state index in [4.69, 9.17) is 11.6 Å². The monoisotopic (exact) mass is 316 g/mol. The third kappa shape index (κ3) is 3.36. The number of hydrogen-bond donors (Lipinski definition) is 2. The first-order valence-electron chi connectivity index (χ1n) is 7.20. The molecule has 1 amide bonds. The summed E-state index contributed by atoms with van der Waals surface area (Å²) in [6.45, 7) is 3.95. The summed E-state index contributed by atoms with van der Waals surface area (Å²) in [4.78, 5) is 20.4. The van der Waals surface area contributed by atoms with Crippen LogP contribution in [0.3, 0.4) is 0 Å². The molecule has 0 unspecified atom stereocenters. The van der Waals surface area contributed by atoms with Gasteiger partial charge in [-0.05, 0) is 49.9 Å². The Kier molecular flexibility index (Phi) is 3.98. The quantitative estimate of drug-likeness (QED) is 0.907. The van der Waals surface area contributed by atoms with E-state index >= 15 is 0 Å². The number of anilines is 2. The van der Waals surface area contributed by atoms with E-state index < -0.39 is 0 Å². The summed E-state index contributed by atoms with van der Waals surface area (Å²) in [5, 5.41) is 6.61. The zero-order valence-corrected chi connectivity index (χ0v) is 13.2. The maximum absolute atomic E-state index is 12.0. The van der Waals surface area contributed by atoms with Crippen LogP contribution in [0.4, 0.5) is 11.6 Å². The molecule has 0 radical (unpaired) electrons. The largest absolute Gasteiger partial charge is 0.348 e. The van der Waals surface area contributed by atoms with Gasteiger partial charge in [-0.25, -0.2) is 9.97 Å². The lowest BCUT2D eigenvalue weighted by Crippen LogP contribution is -2.26. The Morgan fingerprint density at radius 2 is 2.09 bits per heavy atom. The summed E-state index contributed by atoms with van der Waals surface area (Å²) in [6.07, 6.45) is 3.65. The molecule has 6 heteroatoms. The van der Waals surface area contributed by atoms with Gasteiger partial charge >= 0.3 is 0 Å². The highest BCUT2D eigenvalue weighted by Crippen LogP contribution is 2.29. The molecule has 1 aliphatic rings. The zero-order valence-electron chi connectivity index (χ0n) is 12.5. The maximum Gasteiger partial charge on any atom is 0.270 e. The average molecular weight is 317 g/mol. The Morgan fingerprint density at radius 1 is 1.32 bits per heavy atom. The highest BCUT2D eigenvalue weighted by atomic mass is 35.5. The molecule has 22 heavy (non-hydrogen) atoms. The molecule has 1 saturated carbocycles. The van der Waals surface area contributed by atoms with Crippen LogP contribution in [-0.2, 0) is 0 Å². The van der Waals surface area contributed by atoms with Gasteiger partial charge in [0, 0.05) is 12.2 Å². The molecule has 1 heterocycles. The number of hydrogen-bond acceptors (Lipinski definition) is 4. The Labute approximate surface area is 134 Å². The lowest BCUT2D eigenvalue weighted by atomic mass is 10.1. The van der Waals surface area contributed by atoms with Crippen molar-refractivity contribution in [1.29, 1.82) is 0 Å². The van der Waals surface area contributed by atoms with E-state index in [9.17, 15) is 4.79 Å². The van der Waals surface area contributed by atoms with E-state index in [1.807, 2.05) is 26.0 Å². The smallest absolute Gasteiger partial charge is 0.270 e. The van der Waals surface area contributed by atoms with Crippen molar-refractivity contribution >= 4 is 29.1 Å². The Morgan fingerprint density at radius 3 is 2.77 bits per heavy atom. The highest BCUT2D eigenvalue weighted by molar-refractivity contribution is 6.33. The standard InChI is InChI=1S/C16H17ClN4O/c1-9-7-10(2)14(12(17)8-9)21-16-18-6-5-13(20-16)15(22)19-11-3-4-11/h5-8,11H,3-4H2,1-2H3,(H,19,22)(H,18,20,21). The number of aryl methyl sites for hydroxylation is 2. The summed E-state index contributed by atoms with van der Waals surface area (Å²) in [7, 11) is 0. The number of nitrogens with one attached hydrogen (secondary N) is 2. The second kappa shape index (κ2) is 5.93. The minimum atomic E-state index is -0.167. The van der Waals surface area contributed by atoms with Crippen LogP contribution in [0.5, 0.6) is 0 Å². The van der Waals surface area contributed by atoms with Crippen molar-refractivity contribution in [3.63, 3.8) is 0 Å². The number of aromatic nitrogens is 2. The normalized spacial score (nSPS) is 13.8. The molecule has 114 valence electrons. The van der Waals surface area contributed by atoms with Crippen molar-refractivity contribution in [2.75, 3.05) is 5.32 Å². The van der Waals surface area contributed by atoms with Gasteiger partial charge in [0.1, 0.15) is 5.69 Å². The Balaban J connectivity index is 1.82. The van der Waals surface area contributed by atoms with Gasteiger partial charge in [-0.15, -0.1) is 0 Å². The topological polar surface area (TPSA) is 66.9 Å². The summed E-state index contributed by atoms with van der Waals surface area (Å²) < 4.78 is 0. The fourth-order valence-corrected chi connectivity index (χ4v) is 2.59. The zero-order chi connectivity index (χ0) is 15.7. The minimum absolute atomic E-state index is 0.167. The van der Waals surface area contributed by atoms with Gasteiger partial charge < -0.3 is 10.6 Å². The van der Waals surface area contributed by atoms with Gasteiger partial charge in [0.05, 0.1) is 10.7 Å². The third-order valence-electron chi connectivity index (χ3n) is 3.47. The SMILES string of the molecule is Cc1cc(C)c(Nc2nccc(C(=O)NC3CC3)n2)c(Cl)c1. The number of halogens is 1. The second-order valence-corrected chi connectivity index (χ2v) is 5.98. The number of rotatable bonds is 4. The number of carbonyl (C=O) groups excluding carboxylic acids is 1. The lowest BCUT2D eigenvalue weighted by Gasteiger charge is -2.12. The maximum atomic E-state index is 12.0. The van der Waals surface area contributed by atoms with Crippen LogP contribution in [-0.4, -0.2) is 21.9 Å². The van der Waals surface area contributed by atoms with E-state index in [1.54, 1.807) is 12.3 Å². The summed E-state index contributed by atoms with van der Waals surface area (Å²) in [6, 6.07) is 5.80. The molecule has 1 aromatic heterocycles. The fraction of sp³-hybridized carbons (Fsp3) is 0.312. The Hall–Kier alpha value is -2.14. The van der Waals surface area contributed by atoms with E-state index in [0.717, 1.165) is 29.7 Å². The highest BCUT2D eigenvalue weighted by Gasteiger charge is 2.24. The molecule has 1 aliphatic carbocycles. The molecule has 0 spiro atoms. The Bertz CT molecular complexity index is 705. The molecule has 0 atom stereocenters. The van der Waals surface area contributed by atoms with Gasteiger partial charge in [0.2, 0.25) is 5.95 Å². The summed E-state index contributed by atoms with van der Waals surface area (Å²) >= 11 is 6.27. The summed E-state index contributed by atoms with van der Waals surface area (Å²) in [5.74, 6) is 0.192. The number of benzene rings is 1. The first-order valence-corrected chi connectivity index (χ1v) is 7.58. The lowest BCUT2D eigenvalue weighted by molar-refractivity contribution is 0.0946. The van der Waals surface area contributed by atoms with Gasteiger partial charge in [-0.1, -0.05) is 17.7 Å². The van der Waals surface area contributed by atoms with E-state index in [2.05, 4.69) is 20.6 Å². The second-order valence-electron chi connectivity index (χ2n) is 5.58. The van der Waals surface area contributed by atoms with Gasteiger partial charge in [-0.3, -0.25) is 4.79 Å². The van der Waals surface area contributed by atoms with Crippen LogP contribution in [0.2, 0.25) is 5.02 Å². The van der Waals surface area contributed by atoms with Crippen molar-refractivity contribution in [1.82, 2.24) is 15.3 Å². The first kappa shape index (κ1) is 14.8. The minimum Gasteiger partial charge on any atom is -0.348 e. The van der Waals surface area contributed by atoms with Gasteiger partial charge in [0.15, 0.2) is 0 Å². The van der Waals surface area contributed by atoms with E-state index in [1.165, 1.54) is 0 Å². The van der Waals surface area contributed by atoms with Crippen molar-refractivity contribution in [3.05, 3.63) is 46.2 Å². The van der Waals surface area contributed by atoms with Crippen LogP contribution in [0.1, 0.15) is 34.5 Å². The number of amides is 1. The fourth-order valence-electron chi connectivity index (χ4n) is 2.22. The van der Waals surface area contributed by atoms with Crippen LogP contribution in [0.25, 0.3) is 0 Å². The molecule has 1 aromatic carbocycles. The van der Waals surface area contributed by atoms with Crippen LogP contribution in [0, 0.1) is 13.8 Å². The summed E-state index contributed by atoms with van der Waals surface area (Å²) in [5.41, 5.74) is 3.20. The predicted octanol–water partition coefficient (Wildman–Crippen LogP) is 3.38.